The van der Waals surface area contributed by atoms with Crippen LogP contribution < -0.4 is 28.7 Å². The van der Waals surface area contributed by atoms with Crippen LogP contribution in [0.1, 0.15) is 14.3 Å². The molecule has 3 fully saturated rings. The Labute approximate surface area is 187 Å². The van der Waals surface area contributed by atoms with Crippen LogP contribution in [0.4, 0.5) is 0 Å². The Bertz CT molecular complexity index is 614. The summed E-state index contributed by atoms with van der Waals surface area (Å²) in [5.74, 6) is 0. The maximum atomic E-state index is 11.0. The smallest absolute Gasteiger partial charge is 0.186 e. The first-order valence-corrected chi connectivity index (χ1v) is 10.8. The summed E-state index contributed by atoms with van der Waals surface area (Å²) in [5, 5.41) is 50.7. The Morgan fingerprint density at radius 2 is 1.31 bits per heavy atom. The Morgan fingerprint density at radius 3 is 1.88 bits per heavy atom. The molecule has 0 amide bonds. The van der Waals surface area contributed by atoms with Gasteiger partial charge in [-0.15, -0.1) is 0 Å². The average molecular weight is 470 g/mol. The molecule has 0 radical (unpaired) electrons. The van der Waals surface area contributed by atoms with Gasteiger partial charge in [-0.2, -0.15) is 0 Å². The van der Waals surface area contributed by atoms with Gasteiger partial charge in [-0.3, -0.25) is 0 Å². The Morgan fingerprint density at radius 1 is 0.750 bits per heavy atom. The zero-order valence-corrected chi connectivity index (χ0v) is 17.7. The standard InChI is InChI=1S/C18H37N5O9.H2/c19-3-9-8(25)2-7(22)17(29-9)31-15-5(20)1-6(21)16(14(15)28)32-18-13(27)11(23)12(26)10(4-24)30-18;/h5-18,24-28H,1-4,19-23H2;1H/t5-,6+,7+,8-,9+,10+,11-,12+,13+,14-,15+,16-,17+,18+;/m0./s1. The molecule has 15 N–H and O–H groups in total. The second-order valence-electron chi connectivity index (χ2n) is 8.78. The molecule has 14 atom stereocenters. The van der Waals surface area contributed by atoms with E-state index >= 15 is 0 Å². The number of ether oxygens (including phenoxy) is 4. The predicted octanol–water partition coefficient (Wildman–Crippen LogP) is -6.05. The summed E-state index contributed by atoms with van der Waals surface area (Å²) < 4.78 is 22.7. The zero-order chi connectivity index (χ0) is 23.7. The van der Waals surface area contributed by atoms with Gasteiger partial charge >= 0.3 is 0 Å². The van der Waals surface area contributed by atoms with Gasteiger partial charge < -0.3 is 73.1 Å². The lowest BCUT2D eigenvalue weighted by Crippen LogP contribution is -2.68. The molecule has 32 heavy (non-hydrogen) atoms. The van der Waals surface area contributed by atoms with E-state index in [4.69, 9.17) is 47.6 Å². The lowest BCUT2D eigenvalue weighted by atomic mass is 9.84. The molecule has 14 nitrogen and oxygen atoms in total. The lowest BCUT2D eigenvalue weighted by molar-refractivity contribution is -0.314. The van der Waals surface area contributed by atoms with Crippen LogP contribution in [-0.2, 0) is 18.9 Å². The van der Waals surface area contributed by atoms with Crippen LogP contribution in [-0.4, -0.2) is 124 Å². The van der Waals surface area contributed by atoms with Crippen molar-refractivity contribution >= 4 is 0 Å². The first-order valence-electron chi connectivity index (χ1n) is 10.8. The number of aliphatic hydroxyl groups is 5. The molecule has 2 saturated heterocycles. The topological polar surface area (TPSA) is 268 Å². The molecule has 1 aliphatic carbocycles. The van der Waals surface area contributed by atoms with E-state index < -0.39 is 92.2 Å². The van der Waals surface area contributed by atoms with E-state index in [0.717, 1.165) is 0 Å². The van der Waals surface area contributed by atoms with Gasteiger partial charge in [0, 0.05) is 20.1 Å². The fourth-order valence-electron chi connectivity index (χ4n) is 4.43. The van der Waals surface area contributed by atoms with E-state index in [1.54, 1.807) is 0 Å². The summed E-state index contributed by atoms with van der Waals surface area (Å²) in [5.41, 5.74) is 29.8. The zero-order valence-electron chi connectivity index (χ0n) is 17.7. The quantitative estimate of drug-likeness (QED) is 0.173. The van der Waals surface area contributed by atoms with Crippen LogP contribution >= 0.6 is 0 Å². The van der Waals surface area contributed by atoms with Crippen LogP contribution in [0.25, 0.3) is 0 Å². The Hall–Kier alpha value is -0.560. The molecular formula is C18H39N5O9. The van der Waals surface area contributed by atoms with Gasteiger partial charge in [-0.05, 0) is 12.8 Å². The maximum Gasteiger partial charge on any atom is 0.186 e. The summed E-state index contributed by atoms with van der Waals surface area (Å²) in [6.07, 6.45) is -10.8. The molecule has 14 heteroatoms. The van der Waals surface area contributed by atoms with Gasteiger partial charge in [-0.1, -0.05) is 0 Å². The van der Waals surface area contributed by atoms with Gasteiger partial charge in [0.15, 0.2) is 12.6 Å². The third-order valence-electron chi connectivity index (χ3n) is 6.41. The fraction of sp³-hybridized carbons (Fsp3) is 1.00. The van der Waals surface area contributed by atoms with E-state index in [2.05, 4.69) is 0 Å². The summed E-state index contributed by atoms with van der Waals surface area (Å²) in [6, 6.07) is -3.27. The van der Waals surface area contributed by atoms with Gasteiger partial charge in [0.1, 0.15) is 36.6 Å². The normalized spacial score (nSPS) is 52.7. The Kier molecular flexibility index (Phi) is 8.79. The van der Waals surface area contributed by atoms with E-state index in [1.807, 2.05) is 0 Å². The summed E-state index contributed by atoms with van der Waals surface area (Å²) in [6.45, 7) is -0.499. The lowest BCUT2D eigenvalue weighted by Gasteiger charge is -2.47. The van der Waals surface area contributed by atoms with Crippen molar-refractivity contribution in [3.8, 4) is 0 Å². The highest BCUT2D eigenvalue weighted by Gasteiger charge is 2.50. The predicted molar refractivity (Wildman–Crippen MR) is 110 cm³/mol. The van der Waals surface area contributed by atoms with Crippen LogP contribution in [0, 0.1) is 0 Å². The monoisotopic (exact) mass is 469 g/mol. The van der Waals surface area contributed by atoms with E-state index in [9.17, 15) is 25.5 Å². The minimum absolute atomic E-state index is 0. The minimum atomic E-state index is -1.44. The molecule has 0 unspecified atom stereocenters. The number of rotatable bonds is 6. The average Bonchev–Trinajstić information content (AvgIpc) is 2.75. The van der Waals surface area contributed by atoms with Gasteiger partial charge in [-0.25, -0.2) is 0 Å². The van der Waals surface area contributed by atoms with Crippen molar-refractivity contribution in [1.82, 2.24) is 0 Å². The molecular weight excluding hydrogens is 430 g/mol. The summed E-state index contributed by atoms with van der Waals surface area (Å²) in [7, 11) is 0. The van der Waals surface area contributed by atoms with Crippen molar-refractivity contribution < 1.29 is 45.9 Å². The SMILES string of the molecule is NC[C@H]1O[C@H](O[C@H]2[C@H](O)[C@@H](O[C@H]3O[C@H](CO)[C@@H](O)[C@H](N)[C@H]3O)[C@H](N)C[C@@H]2N)[C@H](N)C[C@@H]1O.[HH]. The second kappa shape index (κ2) is 10.8. The molecule has 2 heterocycles. The number of nitrogens with two attached hydrogens (primary N) is 5. The highest BCUT2D eigenvalue weighted by atomic mass is 16.7. The summed E-state index contributed by atoms with van der Waals surface area (Å²) in [4.78, 5) is 0. The van der Waals surface area contributed by atoms with Gasteiger partial charge in [0.25, 0.3) is 0 Å². The highest BCUT2D eigenvalue weighted by molar-refractivity contribution is 5.01. The van der Waals surface area contributed by atoms with E-state index in [-0.39, 0.29) is 20.8 Å². The second-order valence-corrected chi connectivity index (χ2v) is 8.78. The van der Waals surface area contributed by atoms with Crippen LogP contribution in [0.15, 0.2) is 0 Å². The Balaban J connectivity index is 0.00000385. The third-order valence-corrected chi connectivity index (χ3v) is 6.41. The van der Waals surface area contributed by atoms with Crippen molar-refractivity contribution in [3.63, 3.8) is 0 Å². The maximum absolute atomic E-state index is 11.0. The highest BCUT2D eigenvalue weighted by Crippen LogP contribution is 2.30. The molecule has 0 bridgehead atoms. The van der Waals surface area contributed by atoms with E-state index in [0.29, 0.717) is 0 Å². The molecule has 190 valence electrons. The molecule has 2 aliphatic heterocycles. The molecule has 0 aromatic carbocycles. The molecule has 0 aromatic rings. The van der Waals surface area contributed by atoms with Crippen molar-refractivity contribution in [3.05, 3.63) is 0 Å². The molecule has 3 aliphatic rings. The van der Waals surface area contributed by atoms with Crippen molar-refractivity contribution in [1.29, 1.82) is 0 Å². The number of hydrogen-bond donors (Lipinski definition) is 10. The molecule has 3 rings (SSSR count). The van der Waals surface area contributed by atoms with Gasteiger partial charge in [0.2, 0.25) is 0 Å². The number of aliphatic hydroxyl groups excluding tert-OH is 5. The number of hydrogen-bond acceptors (Lipinski definition) is 14. The minimum Gasteiger partial charge on any atom is -0.394 e. The first-order chi connectivity index (χ1) is 15.1. The molecule has 1 saturated carbocycles. The van der Waals surface area contributed by atoms with Crippen molar-refractivity contribution in [2.24, 2.45) is 28.7 Å². The fourth-order valence-corrected chi connectivity index (χ4v) is 4.43. The molecule has 0 aromatic heterocycles. The largest absolute Gasteiger partial charge is 0.394 e. The molecule has 0 spiro atoms. The van der Waals surface area contributed by atoms with Crippen LogP contribution in [0.2, 0.25) is 0 Å². The first kappa shape index (κ1) is 26.1. The summed E-state index contributed by atoms with van der Waals surface area (Å²) >= 11 is 0. The van der Waals surface area contributed by atoms with E-state index in [1.165, 1.54) is 0 Å². The third kappa shape index (κ3) is 5.24. The van der Waals surface area contributed by atoms with Gasteiger partial charge in [0.05, 0.1) is 30.9 Å². The van der Waals surface area contributed by atoms with Crippen molar-refractivity contribution in [2.45, 2.75) is 98.4 Å². The van der Waals surface area contributed by atoms with Crippen LogP contribution in [0.3, 0.4) is 0 Å². The van der Waals surface area contributed by atoms with Crippen LogP contribution in [0.5, 0.6) is 0 Å². The van der Waals surface area contributed by atoms with Crippen molar-refractivity contribution in [2.75, 3.05) is 13.2 Å².